The van der Waals surface area contributed by atoms with Crippen LogP contribution in [0, 0.1) is 0 Å². The standard InChI is InChI=1S/C20H19ClN4O/c21-16-8-5-14(6-9-16)4-7-15-10-11-22-18-17(15)19(26)24-20(23-18)25-12-2-1-3-13-25/h4-11H,1-3,12-13H2,(H,22,23,24,26)/b7-4+. The molecule has 132 valence electrons. The second-order valence-corrected chi connectivity index (χ2v) is 6.86. The number of piperidine rings is 1. The van der Waals surface area contributed by atoms with E-state index >= 15 is 0 Å². The highest BCUT2D eigenvalue weighted by atomic mass is 35.5. The van der Waals surface area contributed by atoms with Gasteiger partial charge in [-0.2, -0.15) is 4.98 Å². The fourth-order valence-electron chi connectivity index (χ4n) is 3.23. The summed E-state index contributed by atoms with van der Waals surface area (Å²) in [6, 6.07) is 9.36. The lowest BCUT2D eigenvalue weighted by atomic mass is 10.1. The Morgan fingerprint density at radius 3 is 2.58 bits per heavy atom. The summed E-state index contributed by atoms with van der Waals surface area (Å²) in [7, 11) is 0. The number of hydrogen-bond acceptors (Lipinski definition) is 4. The summed E-state index contributed by atoms with van der Waals surface area (Å²) in [6.07, 6.45) is 9.02. The molecular weight excluding hydrogens is 348 g/mol. The first-order valence-corrected chi connectivity index (χ1v) is 9.16. The number of benzene rings is 1. The summed E-state index contributed by atoms with van der Waals surface area (Å²) in [6.45, 7) is 1.84. The highest BCUT2D eigenvalue weighted by Gasteiger charge is 2.15. The largest absolute Gasteiger partial charge is 0.342 e. The number of aromatic amines is 1. The van der Waals surface area contributed by atoms with Crippen LogP contribution >= 0.6 is 11.6 Å². The van der Waals surface area contributed by atoms with Crippen LogP contribution < -0.4 is 10.5 Å². The van der Waals surface area contributed by atoms with E-state index in [0.717, 1.165) is 37.1 Å². The van der Waals surface area contributed by atoms with E-state index in [9.17, 15) is 4.79 Å². The zero-order valence-corrected chi connectivity index (χ0v) is 15.0. The first-order chi connectivity index (χ1) is 12.7. The lowest BCUT2D eigenvalue weighted by Gasteiger charge is -2.26. The van der Waals surface area contributed by atoms with Crippen molar-refractivity contribution in [2.24, 2.45) is 0 Å². The normalized spacial score (nSPS) is 15.0. The van der Waals surface area contributed by atoms with E-state index in [0.29, 0.717) is 22.0 Å². The van der Waals surface area contributed by atoms with Gasteiger partial charge in [0.25, 0.3) is 5.56 Å². The summed E-state index contributed by atoms with van der Waals surface area (Å²) in [5.74, 6) is 0.619. The van der Waals surface area contributed by atoms with Crippen LogP contribution in [0.25, 0.3) is 23.2 Å². The molecular formula is C20H19ClN4O. The van der Waals surface area contributed by atoms with Gasteiger partial charge in [0.1, 0.15) is 0 Å². The topological polar surface area (TPSA) is 61.9 Å². The lowest BCUT2D eigenvalue weighted by molar-refractivity contribution is 0.568. The Hall–Kier alpha value is -2.66. The number of nitrogens with zero attached hydrogens (tertiary/aromatic N) is 3. The van der Waals surface area contributed by atoms with Gasteiger partial charge < -0.3 is 4.90 Å². The van der Waals surface area contributed by atoms with Crippen LogP contribution in [0.4, 0.5) is 5.95 Å². The molecule has 0 amide bonds. The van der Waals surface area contributed by atoms with Crippen molar-refractivity contribution in [1.82, 2.24) is 15.0 Å². The maximum Gasteiger partial charge on any atom is 0.262 e. The molecule has 0 aliphatic carbocycles. The molecule has 3 heterocycles. The van der Waals surface area contributed by atoms with E-state index in [4.69, 9.17) is 11.6 Å². The van der Waals surface area contributed by atoms with Gasteiger partial charge >= 0.3 is 0 Å². The van der Waals surface area contributed by atoms with Crippen molar-refractivity contribution in [3.05, 3.63) is 63.0 Å². The number of rotatable bonds is 3. The SMILES string of the molecule is O=c1[nH]c(N2CCCCC2)nc2nccc(/C=C/c3ccc(Cl)cc3)c12. The van der Waals surface area contributed by atoms with Crippen molar-refractivity contribution in [2.75, 3.05) is 18.0 Å². The summed E-state index contributed by atoms with van der Waals surface area (Å²) < 4.78 is 0. The molecule has 2 aromatic heterocycles. The Labute approximate surface area is 156 Å². The van der Waals surface area contributed by atoms with Gasteiger partial charge in [0.15, 0.2) is 5.65 Å². The van der Waals surface area contributed by atoms with E-state index in [2.05, 4.69) is 19.9 Å². The number of fused-ring (bicyclic) bond motifs is 1. The highest BCUT2D eigenvalue weighted by molar-refractivity contribution is 6.30. The second-order valence-electron chi connectivity index (χ2n) is 6.42. The van der Waals surface area contributed by atoms with Crippen molar-refractivity contribution >= 4 is 40.7 Å². The van der Waals surface area contributed by atoms with Gasteiger partial charge in [-0.05, 0) is 48.6 Å². The third-order valence-electron chi connectivity index (χ3n) is 4.61. The predicted molar refractivity (Wildman–Crippen MR) is 107 cm³/mol. The number of pyridine rings is 1. The fraction of sp³-hybridized carbons (Fsp3) is 0.250. The molecule has 0 unspecified atom stereocenters. The maximum atomic E-state index is 12.7. The summed E-state index contributed by atoms with van der Waals surface area (Å²) in [5.41, 5.74) is 2.13. The van der Waals surface area contributed by atoms with Gasteiger partial charge in [-0.1, -0.05) is 35.9 Å². The van der Waals surface area contributed by atoms with Crippen molar-refractivity contribution in [3.8, 4) is 0 Å². The third-order valence-corrected chi connectivity index (χ3v) is 4.86. The molecule has 1 fully saturated rings. The minimum Gasteiger partial charge on any atom is -0.342 e. The first kappa shape index (κ1) is 16.8. The summed E-state index contributed by atoms with van der Waals surface area (Å²) in [4.78, 5) is 26.7. The molecule has 0 saturated carbocycles. The number of H-pyrrole nitrogens is 1. The molecule has 1 N–H and O–H groups in total. The Morgan fingerprint density at radius 2 is 1.81 bits per heavy atom. The van der Waals surface area contributed by atoms with Gasteiger partial charge in [-0.15, -0.1) is 0 Å². The molecule has 26 heavy (non-hydrogen) atoms. The molecule has 1 aliphatic heterocycles. The average Bonchev–Trinajstić information content (AvgIpc) is 2.68. The lowest BCUT2D eigenvalue weighted by Crippen LogP contribution is -2.32. The first-order valence-electron chi connectivity index (χ1n) is 8.78. The minimum absolute atomic E-state index is 0.153. The van der Waals surface area contributed by atoms with E-state index < -0.39 is 0 Å². The molecule has 1 saturated heterocycles. The Kier molecular flexibility index (Phi) is 4.71. The molecule has 0 spiro atoms. The molecule has 0 radical (unpaired) electrons. The van der Waals surface area contributed by atoms with Crippen LogP contribution in [-0.4, -0.2) is 28.0 Å². The van der Waals surface area contributed by atoms with Gasteiger partial charge in [-0.3, -0.25) is 9.78 Å². The molecule has 0 atom stereocenters. The molecule has 0 bridgehead atoms. The van der Waals surface area contributed by atoms with Crippen molar-refractivity contribution in [2.45, 2.75) is 19.3 Å². The molecule has 5 nitrogen and oxygen atoms in total. The zero-order chi connectivity index (χ0) is 17.9. The van der Waals surface area contributed by atoms with Crippen molar-refractivity contribution in [1.29, 1.82) is 0 Å². The van der Waals surface area contributed by atoms with Gasteiger partial charge in [0, 0.05) is 24.3 Å². The summed E-state index contributed by atoms with van der Waals surface area (Å²) in [5, 5.41) is 1.21. The van der Waals surface area contributed by atoms with E-state index in [1.165, 1.54) is 6.42 Å². The number of aromatic nitrogens is 3. The molecule has 3 aromatic rings. The van der Waals surface area contributed by atoms with Gasteiger partial charge in [0.05, 0.1) is 5.39 Å². The van der Waals surface area contributed by atoms with E-state index in [1.54, 1.807) is 6.20 Å². The van der Waals surface area contributed by atoms with E-state index in [1.807, 2.05) is 42.5 Å². The Balaban J connectivity index is 1.72. The van der Waals surface area contributed by atoms with Crippen LogP contribution in [0.1, 0.15) is 30.4 Å². The van der Waals surface area contributed by atoms with Gasteiger partial charge in [-0.25, -0.2) is 4.98 Å². The maximum absolute atomic E-state index is 12.7. The Morgan fingerprint density at radius 1 is 1.04 bits per heavy atom. The minimum atomic E-state index is -0.153. The second kappa shape index (κ2) is 7.30. The van der Waals surface area contributed by atoms with Crippen LogP contribution in [0.15, 0.2) is 41.3 Å². The number of halogens is 1. The van der Waals surface area contributed by atoms with Crippen LogP contribution in [0.2, 0.25) is 5.02 Å². The summed E-state index contributed by atoms with van der Waals surface area (Å²) >= 11 is 5.92. The highest BCUT2D eigenvalue weighted by Crippen LogP contribution is 2.19. The zero-order valence-electron chi connectivity index (χ0n) is 14.3. The van der Waals surface area contributed by atoms with Crippen molar-refractivity contribution < 1.29 is 0 Å². The smallest absolute Gasteiger partial charge is 0.262 e. The van der Waals surface area contributed by atoms with Crippen LogP contribution in [-0.2, 0) is 0 Å². The number of anilines is 1. The number of hydrogen-bond donors (Lipinski definition) is 1. The molecule has 1 aromatic carbocycles. The Bertz CT molecular complexity index is 1000. The molecule has 6 heteroatoms. The third kappa shape index (κ3) is 3.48. The molecule has 1 aliphatic rings. The monoisotopic (exact) mass is 366 g/mol. The van der Waals surface area contributed by atoms with Gasteiger partial charge in [0.2, 0.25) is 5.95 Å². The molecule has 4 rings (SSSR count). The average molecular weight is 367 g/mol. The predicted octanol–water partition coefficient (Wildman–Crippen LogP) is 4.13. The fourth-order valence-corrected chi connectivity index (χ4v) is 3.36. The van der Waals surface area contributed by atoms with Crippen molar-refractivity contribution in [3.63, 3.8) is 0 Å². The van der Waals surface area contributed by atoms with E-state index in [-0.39, 0.29) is 5.56 Å². The number of nitrogens with one attached hydrogen (secondary N) is 1. The quantitative estimate of drug-likeness (QED) is 0.757. The van der Waals surface area contributed by atoms with Crippen LogP contribution in [0.5, 0.6) is 0 Å². The van der Waals surface area contributed by atoms with Crippen LogP contribution in [0.3, 0.4) is 0 Å².